The molecule has 3 rings (SSSR count). The first-order chi connectivity index (χ1) is 7.66. The average molecular weight is 230 g/mol. The van der Waals surface area contributed by atoms with E-state index in [1.165, 1.54) is 17.7 Å². The topological polar surface area (TPSA) is 0 Å². The molecule has 1 heterocycles. The zero-order valence-corrected chi connectivity index (χ0v) is 11.0. The maximum Gasteiger partial charge on any atom is 0.0311 e. The smallest absolute Gasteiger partial charge is 0.0311 e. The second-order valence-electron chi connectivity index (χ2n) is 5.21. The van der Waals surface area contributed by atoms with Crippen LogP contribution in [0.25, 0.3) is 12.2 Å². The normalized spacial score (nSPS) is 27.3. The van der Waals surface area contributed by atoms with Gasteiger partial charge < -0.3 is 0 Å². The summed E-state index contributed by atoms with van der Waals surface area (Å²) >= 11 is 2.01. The predicted molar refractivity (Wildman–Crippen MR) is 72.9 cm³/mol. The van der Waals surface area contributed by atoms with Crippen molar-refractivity contribution in [2.45, 2.75) is 39.5 Å². The fraction of sp³-hybridized carbons (Fsp3) is 0.467. The first kappa shape index (κ1) is 10.3. The predicted octanol–water partition coefficient (Wildman–Crippen LogP) is 4.86. The van der Waals surface area contributed by atoms with Gasteiger partial charge in [-0.2, -0.15) is 0 Å². The molecule has 0 radical (unpaired) electrons. The lowest BCUT2D eigenvalue weighted by molar-refractivity contribution is 0.587. The van der Waals surface area contributed by atoms with Gasteiger partial charge in [0.2, 0.25) is 0 Å². The standard InChI is InChI=1S/C15H18S/c1-9-4-6-13-12(8-9)15-11(3)10(2)5-7-14(15)16-13/h5,7-8,10-11H,4,6H2,1-3H3. The molecule has 1 aromatic heterocycles. The highest BCUT2D eigenvalue weighted by Crippen LogP contribution is 2.44. The molecule has 16 heavy (non-hydrogen) atoms. The monoisotopic (exact) mass is 230 g/mol. The van der Waals surface area contributed by atoms with Crippen LogP contribution in [0.2, 0.25) is 0 Å². The fourth-order valence-corrected chi connectivity index (χ4v) is 4.06. The van der Waals surface area contributed by atoms with Crippen LogP contribution in [0.3, 0.4) is 0 Å². The van der Waals surface area contributed by atoms with Crippen molar-refractivity contribution in [2.75, 3.05) is 0 Å². The first-order valence-corrected chi connectivity index (χ1v) is 6.99. The van der Waals surface area contributed by atoms with Crippen LogP contribution in [0.4, 0.5) is 0 Å². The quantitative estimate of drug-likeness (QED) is 0.597. The Morgan fingerprint density at radius 1 is 1.25 bits per heavy atom. The Kier molecular flexibility index (Phi) is 2.32. The number of aryl methyl sites for hydroxylation is 1. The minimum Gasteiger partial charge on any atom is -0.140 e. The molecule has 0 fully saturated rings. The van der Waals surface area contributed by atoms with Gasteiger partial charge in [0, 0.05) is 9.75 Å². The van der Waals surface area contributed by atoms with E-state index in [1.54, 1.807) is 21.6 Å². The fourth-order valence-electron chi connectivity index (χ4n) is 2.76. The second kappa shape index (κ2) is 3.59. The zero-order valence-electron chi connectivity index (χ0n) is 10.2. The van der Waals surface area contributed by atoms with Gasteiger partial charge in [-0.05, 0) is 48.8 Å². The summed E-state index contributed by atoms with van der Waals surface area (Å²) in [5.74, 6) is 1.36. The van der Waals surface area contributed by atoms with Crippen molar-refractivity contribution in [3.8, 4) is 0 Å². The Morgan fingerprint density at radius 2 is 2.06 bits per heavy atom. The molecule has 0 amide bonds. The van der Waals surface area contributed by atoms with Crippen molar-refractivity contribution in [1.82, 2.24) is 0 Å². The highest BCUT2D eigenvalue weighted by Gasteiger charge is 2.26. The molecule has 2 aliphatic rings. The van der Waals surface area contributed by atoms with Crippen molar-refractivity contribution in [3.63, 3.8) is 0 Å². The summed E-state index contributed by atoms with van der Waals surface area (Å²) in [4.78, 5) is 3.13. The molecule has 0 saturated heterocycles. The summed E-state index contributed by atoms with van der Waals surface area (Å²) in [5.41, 5.74) is 4.73. The molecule has 0 aromatic carbocycles. The Balaban J connectivity index is 2.20. The summed E-state index contributed by atoms with van der Waals surface area (Å²) < 4.78 is 0. The maximum absolute atomic E-state index is 2.43. The van der Waals surface area contributed by atoms with Crippen molar-refractivity contribution in [1.29, 1.82) is 0 Å². The molecule has 0 aliphatic heterocycles. The van der Waals surface area contributed by atoms with Gasteiger partial charge in [-0.3, -0.25) is 0 Å². The van der Waals surface area contributed by atoms with E-state index in [-0.39, 0.29) is 0 Å². The molecule has 2 unspecified atom stereocenters. The van der Waals surface area contributed by atoms with Crippen LogP contribution in [0.5, 0.6) is 0 Å². The molecule has 2 aliphatic carbocycles. The number of thiophene rings is 1. The van der Waals surface area contributed by atoms with E-state index in [1.807, 2.05) is 11.3 Å². The van der Waals surface area contributed by atoms with Crippen LogP contribution in [-0.2, 0) is 6.42 Å². The Morgan fingerprint density at radius 3 is 2.88 bits per heavy atom. The molecular weight excluding hydrogens is 212 g/mol. The summed E-state index contributed by atoms with van der Waals surface area (Å²) in [6.07, 6.45) is 9.64. The van der Waals surface area contributed by atoms with Gasteiger partial charge >= 0.3 is 0 Å². The van der Waals surface area contributed by atoms with E-state index >= 15 is 0 Å². The Bertz CT molecular complexity index is 488. The molecular formula is C15H18S. The lowest BCUT2D eigenvalue weighted by Crippen LogP contribution is -2.09. The minimum atomic E-state index is 0.682. The van der Waals surface area contributed by atoms with Crippen molar-refractivity contribution >= 4 is 23.5 Å². The molecule has 1 heteroatoms. The minimum absolute atomic E-state index is 0.682. The van der Waals surface area contributed by atoms with Gasteiger partial charge in [0.05, 0.1) is 0 Å². The third-order valence-corrected chi connectivity index (χ3v) is 5.27. The van der Waals surface area contributed by atoms with E-state index in [0.29, 0.717) is 11.8 Å². The SMILES string of the molecule is CC1=Cc2c(sc3c2C(C)C(C)C=C3)CC1. The molecule has 0 N–H and O–H groups in total. The molecule has 0 spiro atoms. The first-order valence-electron chi connectivity index (χ1n) is 6.17. The molecule has 0 saturated carbocycles. The van der Waals surface area contributed by atoms with Crippen molar-refractivity contribution < 1.29 is 0 Å². The van der Waals surface area contributed by atoms with E-state index < -0.39 is 0 Å². The number of fused-ring (bicyclic) bond motifs is 3. The highest BCUT2D eigenvalue weighted by atomic mass is 32.1. The number of hydrogen-bond acceptors (Lipinski definition) is 1. The van der Waals surface area contributed by atoms with Crippen molar-refractivity contribution in [3.05, 3.63) is 32.5 Å². The van der Waals surface area contributed by atoms with Gasteiger partial charge in [0.15, 0.2) is 0 Å². The molecule has 1 aromatic rings. The van der Waals surface area contributed by atoms with Crippen LogP contribution in [0.1, 0.15) is 54.0 Å². The number of allylic oxidation sites excluding steroid dienone is 2. The number of rotatable bonds is 0. The van der Waals surface area contributed by atoms with Crippen LogP contribution < -0.4 is 0 Å². The van der Waals surface area contributed by atoms with Gasteiger partial charge in [0.1, 0.15) is 0 Å². The largest absolute Gasteiger partial charge is 0.140 e. The maximum atomic E-state index is 2.43. The van der Waals surface area contributed by atoms with Crippen molar-refractivity contribution in [2.24, 2.45) is 5.92 Å². The summed E-state index contributed by atoms with van der Waals surface area (Å²) in [6, 6.07) is 0. The van der Waals surface area contributed by atoms with E-state index in [0.717, 1.165) is 0 Å². The Hall–Kier alpha value is -0.820. The van der Waals surface area contributed by atoms with Crippen LogP contribution in [0.15, 0.2) is 11.6 Å². The van der Waals surface area contributed by atoms with Gasteiger partial charge in [-0.25, -0.2) is 0 Å². The van der Waals surface area contributed by atoms with Gasteiger partial charge in [0.25, 0.3) is 0 Å². The summed E-state index contributed by atoms with van der Waals surface area (Å²) in [6.45, 7) is 6.96. The molecule has 0 bridgehead atoms. The molecule has 0 nitrogen and oxygen atoms in total. The van der Waals surface area contributed by atoms with Crippen LogP contribution in [-0.4, -0.2) is 0 Å². The average Bonchev–Trinajstić information content (AvgIpc) is 2.62. The Labute approximate surface area is 102 Å². The molecule has 2 atom stereocenters. The van der Waals surface area contributed by atoms with Crippen LogP contribution in [0, 0.1) is 5.92 Å². The lowest BCUT2D eigenvalue weighted by atomic mass is 9.81. The van der Waals surface area contributed by atoms with E-state index in [4.69, 9.17) is 0 Å². The third-order valence-electron chi connectivity index (χ3n) is 4.02. The lowest BCUT2D eigenvalue weighted by Gasteiger charge is -2.23. The second-order valence-corrected chi connectivity index (χ2v) is 6.35. The highest BCUT2D eigenvalue weighted by molar-refractivity contribution is 7.13. The van der Waals surface area contributed by atoms with Crippen LogP contribution >= 0.6 is 11.3 Å². The van der Waals surface area contributed by atoms with Gasteiger partial charge in [-0.1, -0.05) is 31.6 Å². The molecule has 84 valence electrons. The van der Waals surface area contributed by atoms with Gasteiger partial charge in [-0.15, -0.1) is 11.3 Å². The third kappa shape index (κ3) is 1.41. The summed E-state index contributed by atoms with van der Waals surface area (Å²) in [7, 11) is 0. The zero-order chi connectivity index (χ0) is 11.3. The van der Waals surface area contributed by atoms with E-state index in [9.17, 15) is 0 Å². The van der Waals surface area contributed by atoms with E-state index in [2.05, 4.69) is 39.0 Å². The number of hydrogen-bond donors (Lipinski definition) is 0. The summed E-state index contributed by atoms with van der Waals surface area (Å²) in [5, 5.41) is 0.